The van der Waals surface area contributed by atoms with Crippen molar-refractivity contribution in [2.75, 3.05) is 0 Å². The van der Waals surface area contributed by atoms with Crippen molar-refractivity contribution >= 4 is 34.2 Å². The number of H-pyrrole nitrogens is 1. The van der Waals surface area contributed by atoms with E-state index in [0.717, 1.165) is 11.3 Å². The summed E-state index contributed by atoms with van der Waals surface area (Å²) in [4.78, 5) is 22.3. The molecule has 1 aromatic carbocycles. The molecule has 0 fully saturated rings. The Kier molecular flexibility index (Phi) is 4.32. The molecule has 104 valence electrons. The van der Waals surface area contributed by atoms with Gasteiger partial charge in [-0.25, -0.2) is 0 Å². The number of nitro groups is 1. The number of nitrogens with zero attached hydrogens (tertiary/aromatic N) is 2. The minimum absolute atomic E-state index is 0.102. The first kappa shape index (κ1) is 14.4. The number of nitro benzene ring substituents is 1. The van der Waals surface area contributed by atoms with Crippen molar-refractivity contribution in [2.45, 2.75) is 13.5 Å². The first-order chi connectivity index (χ1) is 9.49. The largest absolute Gasteiger partial charge is 0.348 e. The first-order valence-electron chi connectivity index (χ1n) is 5.70. The molecule has 0 aliphatic heterocycles. The molecule has 0 aliphatic carbocycles. The predicted molar refractivity (Wildman–Crippen MR) is 80.3 cm³/mol. The normalized spacial score (nSPS) is 10.3. The number of aromatic nitrogens is 2. The number of non-ortho nitro benzene ring substituents is 1. The zero-order chi connectivity index (χ0) is 14.7. The molecule has 0 saturated carbocycles. The van der Waals surface area contributed by atoms with Gasteiger partial charge in [0, 0.05) is 33.5 Å². The first-order valence-corrected chi connectivity index (χ1v) is 6.78. The Morgan fingerprint density at radius 1 is 1.55 bits per heavy atom. The maximum absolute atomic E-state index is 12.1. The van der Waals surface area contributed by atoms with Crippen molar-refractivity contribution in [3.8, 4) is 0 Å². The second kappa shape index (κ2) is 5.99. The Bertz CT molecular complexity index is 668. The van der Waals surface area contributed by atoms with Crippen molar-refractivity contribution in [1.82, 2.24) is 15.5 Å². The second-order valence-corrected chi connectivity index (χ2v) is 5.29. The van der Waals surface area contributed by atoms with E-state index in [9.17, 15) is 14.9 Å². The summed E-state index contributed by atoms with van der Waals surface area (Å²) >= 11 is 1.97. The Morgan fingerprint density at radius 3 is 2.90 bits per heavy atom. The number of nitrogens with one attached hydrogen (secondary N) is 2. The molecule has 0 saturated heterocycles. The highest BCUT2D eigenvalue weighted by atomic mass is 127. The van der Waals surface area contributed by atoms with Crippen LogP contribution in [0.2, 0.25) is 0 Å². The van der Waals surface area contributed by atoms with E-state index in [-0.39, 0.29) is 11.6 Å². The molecule has 2 N–H and O–H groups in total. The molecule has 0 spiro atoms. The summed E-state index contributed by atoms with van der Waals surface area (Å²) in [6.07, 6.45) is 1.63. The van der Waals surface area contributed by atoms with Crippen molar-refractivity contribution in [2.24, 2.45) is 0 Å². The van der Waals surface area contributed by atoms with Gasteiger partial charge in [0.25, 0.3) is 11.6 Å². The monoisotopic (exact) mass is 386 g/mol. The van der Waals surface area contributed by atoms with Gasteiger partial charge in [-0.2, -0.15) is 5.10 Å². The van der Waals surface area contributed by atoms with Crippen LogP contribution >= 0.6 is 22.6 Å². The second-order valence-electron chi connectivity index (χ2n) is 4.12. The summed E-state index contributed by atoms with van der Waals surface area (Å²) in [6, 6.07) is 4.20. The van der Waals surface area contributed by atoms with E-state index in [1.165, 1.54) is 12.1 Å². The third-order valence-electron chi connectivity index (χ3n) is 2.78. The van der Waals surface area contributed by atoms with E-state index in [2.05, 4.69) is 15.5 Å². The number of halogens is 1. The van der Waals surface area contributed by atoms with Crippen LogP contribution in [0.5, 0.6) is 0 Å². The highest BCUT2D eigenvalue weighted by molar-refractivity contribution is 14.1. The number of aryl methyl sites for hydroxylation is 1. The fraction of sp³-hybridized carbons (Fsp3) is 0.167. The number of amides is 1. The van der Waals surface area contributed by atoms with Crippen molar-refractivity contribution < 1.29 is 9.72 Å². The summed E-state index contributed by atoms with van der Waals surface area (Å²) in [5.41, 5.74) is 1.94. The molecule has 2 rings (SSSR count). The molecule has 0 atom stereocenters. The minimum Gasteiger partial charge on any atom is -0.348 e. The van der Waals surface area contributed by atoms with Crippen LogP contribution in [-0.2, 0) is 6.54 Å². The Hall–Kier alpha value is -1.97. The highest BCUT2D eigenvalue weighted by Crippen LogP contribution is 2.19. The maximum Gasteiger partial charge on any atom is 0.270 e. The van der Waals surface area contributed by atoms with E-state index in [0.29, 0.717) is 15.7 Å². The summed E-state index contributed by atoms with van der Waals surface area (Å²) < 4.78 is 0.662. The minimum atomic E-state index is -0.521. The van der Waals surface area contributed by atoms with E-state index in [1.807, 2.05) is 29.5 Å². The molecule has 0 bridgehead atoms. The molecular weight excluding hydrogens is 375 g/mol. The number of aromatic amines is 1. The van der Waals surface area contributed by atoms with Crippen molar-refractivity contribution in [3.05, 3.63) is 54.9 Å². The van der Waals surface area contributed by atoms with Crippen LogP contribution in [0.3, 0.4) is 0 Å². The van der Waals surface area contributed by atoms with Crippen molar-refractivity contribution in [1.29, 1.82) is 0 Å². The summed E-state index contributed by atoms with van der Waals surface area (Å²) in [6.45, 7) is 2.17. The van der Waals surface area contributed by atoms with Crippen LogP contribution in [0.1, 0.15) is 21.6 Å². The molecule has 1 heterocycles. The molecule has 0 radical (unpaired) electrons. The number of rotatable bonds is 4. The molecule has 2 aromatic rings. The topological polar surface area (TPSA) is 101 Å². The quantitative estimate of drug-likeness (QED) is 0.478. The molecular formula is C12H11IN4O3. The SMILES string of the molecule is Cc1[nH]ncc1CNC(=O)c1cc([N+](=O)[O-])ccc1I. The number of hydrogen-bond acceptors (Lipinski definition) is 4. The molecule has 1 aromatic heterocycles. The van der Waals surface area contributed by atoms with E-state index in [4.69, 9.17) is 0 Å². The van der Waals surface area contributed by atoms with Crippen LogP contribution in [-0.4, -0.2) is 21.0 Å². The molecule has 20 heavy (non-hydrogen) atoms. The van der Waals surface area contributed by atoms with Crippen LogP contribution in [0.25, 0.3) is 0 Å². The standard InChI is InChI=1S/C12H11IN4O3/c1-7-8(6-15-16-7)5-14-12(18)10-4-9(17(19)20)2-3-11(10)13/h2-4,6H,5H2,1H3,(H,14,18)(H,15,16). The maximum atomic E-state index is 12.1. The number of carbonyl (C=O) groups is 1. The lowest BCUT2D eigenvalue weighted by atomic mass is 10.2. The number of benzene rings is 1. The van der Waals surface area contributed by atoms with Gasteiger partial charge in [-0.05, 0) is 35.6 Å². The van der Waals surface area contributed by atoms with Crippen LogP contribution in [0.4, 0.5) is 5.69 Å². The number of carbonyl (C=O) groups excluding carboxylic acids is 1. The zero-order valence-electron chi connectivity index (χ0n) is 10.5. The zero-order valence-corrected chi connectivity index (χ0v) is 12.7. The van der Waals surface area contributed by atoms with E-state index in [1.54, 1.807) is 12.3 Å². The lowest BCUT2D eigenvalue weighted by Crippen LogP contribution is -2.24. The average Bonchev–Trinajstić information content (AvgIpc) is 2.81. The van der Waals surface area contributed by atoms with Gasteiger partial charge in [0.1, 0.15) is 0 Å². The summed E-state index contributed by atoms with van der Waals surface area (Å²) in [5.74, 6) is -0.348. The third kappa shape index (κ3) is 3.13. The van der Waals surface area contributed by atoms with Gasteiger partial charge in [-0.15, -0.1) is 0 Å². The van der Waals surface area contributed by atoms with Crippen LogP contribution < -0.4 is 5.32 Å². The Labute approximate surface area is 128 Å². The van der Waals surface area contributed by atoms with Crippen molar-refractivity contribution in [3.63, 3.8) is 0 Å². The van der Waals surface area contributed by atoms with E-state index < -0.39 is 4.92 Å². The Morgan fingerprint density at radius 2 is 2.30 bits per heavy atom. The van der Waals surface area contributed by atoms with Crippen LogP contribution in [0.15, 0.2) is 24.4 Å². The molecule has 0 aliphatic rings. The molecule has 7 nitrogen and oxygen atoms in total. The van der Waals surface area contributed by atoms with E-state index >= 15 is 0 Å². The smallest absolute Gasteiger partial charge is 0.270 e. The average molecular weight is 386 g/mol. The predicted octanol–water partition coefficient (Wildman–Crippen LogP) is 2.16. The lowest BCUT2D eigenvalue weighted by molar-refractivity contribution is -0.384. The Balaban J connectivity index is 2.15. The van der Waals surface area contributed by atoms with Gasteiger partial charge >= 0.3 is 0 Å². The van der Waals surface area contributed by atoms with Gasteiger partial charge in [-0.1, -0.05) is 0 Å². The fourth-order valence-corrected chi connectivity index (χ4v) is 2.21. The summed E-state index contributed by atoms with van der Waals surface area (Å²) in [7, 11) is 0. The number of hydrogen-bond donors (Lipinski definition) is 2. The van der Waals surface area contributed by atoms with Gasteiger partial charge in [0.15, 0.2) is 0 Å². The van der Waals surface area contributed by atoms with Gasteiger partial charge in [-0.3, -0.25) is 20.0 Å². The molecule has 0 unspecified atom stereocenters. The summed E-state index contributed by atoms with van der Waals surface area (Å²) in [5, 5.41) is 20.1. The van der Waals surface area contributed by atoms with Gasteiger partial charge in [0.2, 0.25) is 0 Å². The molecule has 8 heteroatoms. The molecule has 1 amide bonds. The van der Waals surface area contributed by atoms with Gasteiger partial charge < -0.3 is 5.32 Å². The lowest BCUT2D eigenvalue weighted by Gasteiger charge is -2.06. The third-order valence-corrected chi connectivity index (χ3v) is 3.72. The fourth-order valence-electron chi connectivity index (χ4n) is 1.63. The highest BCUT2D eigenvalue weighted by Gasteiger charge is 2.15. The van der Waals surface area contributed by atoms with Crippen LogP contribution in [0, 0.1) is 20.6 Å². The van der Waals surface area contributed by atoms with Gasteiger partial charge in [0.05, 0.1) is 16.7 Å².